The van der Waals surface area contributed by atoms with Crippen molar-refractivity contribution in [1.29, 1.82) is 0 Å². The van der Waals surface area contributed by atoms with Crippen LogP contribution in [0.15, 0.2) is 84.9 Å². The van der Waals surface area contributed by atoms with Gasteiger partial charge in [0.25, 0.3) is 0 Å². The lowest BCUT2D eigenvalue weighted by molar-refractivity contribution is 0.0588. The summed E-state index contributed by atoms with van der Waals surface area (Å²) in [4.78, 5) is 24.9. The second-order valence-corrected chi connectivity index (χ2v) is 8.79. The molecule has 37 heavy (non-hydrogen) atoms. The summed E-state index contributed by atoms with van der Waals surface area (Å²) in [5.74, 6) is -1.52. The number of phenolic OH excluding ortho intramolecular Hbond substituents is 2. The molecule has 0 unspecified atom stereocenters. The molecule has 0 aromatic heterocycles. The summed E-state index contributed by atoms with van der Waals surface area (Å²) in [7, 11) is 2.54. The predicted octanol–water partition coefficient (Wildman–Crippen LogP) is 5.44. The minimum atomic E-state index is -0.639. The van der Waals surface area contributed by atoms with Crippen LogP contribution in [0.1, 0.15) is 54.1 Å². The van der Waals surface area contributed by atoms with Crippen LogP contribution in [0.3, 0.4) is 0 Å². The van der Waals surface area contributed by atoms with E-state index in [1.807, 2.05) is 72.8 Å². The Kier molecular flexibility index (Phi) is 7.89. The van der Waals surface area contributed by atoms with E-state index in [0.717, 1.165) is 22.3 Å². The second kappa shape index (κ2) is 11.4. The first-order valence-corrected chi connectivity index (χ1v) is 11.8. The minimum absolute atomic E-state index is 0.0717. The number of esters is 2. The number of carbonyl (C=O) groups is 2. The van der Waals surface area contributed by atoms with Gasteiger partial charge in [-0.2, -0.15) is 0 Å². The molecule has 0 saturated carbocycles. The highest BCUT2D eigenvalue weighted by Gasteiger charge is 2.20. The number of rotatable bonds is 8. The first-order chi connectivity index (χ1) is 17.9. The quantitative estimate of drug-likeness (QED) is 0.316. The van der Waals surface area contributed by atoms with Crippen LogP contribution in [0.25, 0.3) is 0 Å². The molecule has 2 N–H and O–H groups in total. The fourth-order valence-corrected chi connectivity index (χ4v) is 4.39. The van der Waals surface area contributed by atoms with Crippen molar-refractivity contribution in [2.45, 2.75) is 19.3 Å². The molecule has 0 aliphatic rings. The highest BCUT2D eigenvalue weighted by molar-refractivity contribution is 5.94. The Balaban J connectivity index is 1.77. The van der Waals surface area contributed by atoms with Crippen LogP contribution >= 0.6 is 0 Å². The van der Waals surface area contributed by atoms with Crippen LogP contribution in [-0.4, -0.2) is 36.4 Å². The number of methoxy groups -OCH3 is 2. The molecule has 0 aliphatic heterocycles. The van der Waals surface area contributed by atoms with Crippen LogP contribution in [0.5, 0.6) is 11.5 Å². The van der Waals surface area contributed by atoms with Crippen molar-refractivity contribution in [3.63, 3.8) is 0 Å². The Bertz CT molecular complexity index is 1300. The lowest BCUT2D eigenvalue weighted by Crippen LogP contribution is -2.07. The van der Waals surface area contributed by atoms with E-state index < -0.39 is 11.9 Å². The van der Waals surface area contributed by atoms with Gasteiger partial charge in [-0.1, -0.05) is 72.8 Å². The summed E-state index contributed by atoms with van der Waals surface area (Å²) in [6.45, 7) is 0. The fourth-order valence-electron chi connectivity index (χ4n) is 4.39. The van der Waals surface area contributed by atoms with Crippen LogP contribution < -0.4 is 0 Å². The molecule has 4 aromatic carbocycles. The van der Waals surface area contributed by atoms with Crippen molar-refractivity contribution in [3.05, 3.63) is 129 Å². The Hall–Kier alpha value is -4.58. The van der Waals surface area contributed by atoms with Gasteiger partial charge in [0.15, 0.2) is 0 Å². The van der Waals surface area contributed by atoms with Crippen molar-refractivity contribution < 1.29 is 29.3 Å². The molecule has 188 valence electrons. The Morgan fingerprint density at radius 2 is 0.946 bits per heavy atom. The van der Waals surface area contributed by atoms with Gasteiger partial charge in [0, 0.05) is 12.8 Å². The Morgan fingerprint density at radius 3 is 1.30 bits per heavy atom. The Morgan fingerprint density at radius 1 is 0.568 bits per heavy atom. The largest absolute Gasteiger partial charge is 0.507 e. The van der Waals surface area contributed by atoms with Gasteiger partial charge in [-0.05, 0) is 51.9 Å². The van der Waals surface area contributed by atoms with Gasteiger partial charge in [0.05, 0.1) is 14.2 Å². The van der Waals surface area contributed by atoms with Crippen LogP contribution in [-0.2, 0) is 28.7 Å². The standard InChI is InChI=1S/C31H28O6/c1-36-30(34)26-18-22(16-24(28(26)32)14-20-9-5-3-6-10-20)13-23-17-25(15-21-11-7-4-8-12-21)29(33)27(19-23)31(35)37-2/h3-12,16-19,32-33H,13-15H2,1-2H3. The number of benzene rings is 4. The van der Waals surface area contributed by atoms with Crippen molar-refractivity contribution >= 4 is 11.9 Å². The van der Waals surface area contributed by atoms with Gasteiger partial charge in [-0.3, -0.25) is 0 Å². The number of aromatic hydroxyl groups is 2. The normalized spacial score (nSPS) is 10.6. The molecule has 0 fully saturated rings. The minimum Gasteiger partial charge on any atom is -0.507 e. The van der Waals surface area contributed by atoms with Crippen LogP contribution in [0, 0.1) is 0 Å². The van der Waals surface area contributed by atoms with Crippen LogP contribution in [0.4, 0.5) is 0 Å². The van der Waals surface area contributed by atoms with E-state index >= 15 is 0 Å². The Labute approximate surface area is 215 Å². The zero-order chi connectivity index (χ0) is 26.4. The van der Waals surface area contributed by atoms with Crippen LogP contribution in [0.2, 0.25) is 0 Å². The lowest BCUT2D eigenvalue weighted by Gasteiger charge is -2.15. The topological polar surface area (TPSA) is 93.1 Å². The second-order valence-electron chi connectivity index (χ2n) is 8.79. The van der Waals surface area contributed by atoms with Gasteiger partial charge < -0.3 is 19.7 Å². The van der Waals surface area contributed by atoms with Gasteiger partial charge in [0.2, 0.25) is 0 Å². The third-order valence-electron chi connectivity index (χ3n) is 6.19. The highest BCUT2D eigenvalue weighted by Crippen LogP contribution is 2.32. The molecule has 4 aromatic rings. The van der Waals surface area contributed by atoms with E-state index in [9.17, 15) is 19.8 Å². The van der Waals surface area contributed by atoms with Crippen molar-refractivity contribution in [2.24, 2.45) is 0 Å². The first kappa shape index (κ1) is 25.5. The van der Waals surface area contributed by atoms with Gasteiger partial charge in [0.1, 0.15) is 22.6 Å². The number of hydrogen-bond acceptors (Lipinski definition) is 6. The average molecular weight is 497 g/mol. The summed E-state index contributed by atoms with van der Waals surface area (Å²) in [6.07, 6.45) is 1.19. The summed E-state index contributed by atoms with van der Waals surface area (Å²) >= 11 is 0. The maximum absolute atomic E-state index is 12.5. The van der Waals surface area contributed by atoms with Gasteiger partial charge in [-0.15, -0.1) is 0 Å². The van der Waals surface area contributed by atoms with E-state index in [4.69, 9.17) is 9.47 Å². The molecular weight excluding hydrogens is 468 g/mol. The molecule has 0 spiro atoms. The monoisotopic (exact) mass is 496 g/mol. The number of hydrogen-bond donors (Lipinski definition) is 2. The van der Waals surface area contributed by atoms with Gasteiger partial charge in [-0.25, -0.2) is 9.59 Å². The van der Waals surface area contributed by atoms with E-state index in [-0.39, 0.29) is 22.6 Å². The smallest absolute Gasteiger partial charge is 0.341 e. The summed E-state index contributed by atoms with van der Waals surface area (Å²) < 4.78 is 9.80. The number of carbonyl (C=O) groups excluding carboxylic acids is 2. The third-order valence-corrected chi connectivity index (χ3v) is 6.19. The van der Waals surface area contributed by atoms with Crippen molar-refractivity contribution in [3.8, 4) is 11.5 Å². The van der Waals surface area contributed by atoms with E-state index in [1.54, 1.807) is 12.1 Å². The highest BCUT2D eigenvalue weighted by atomic mass is 16.5. The molecule has 0 heterocycles. The maximum Gasteiger partial charge on any atom is 0.341 e. The molecule has 6 nitrogen and oxygen atoms in total. The first-order valence-electron chi connectivity index (χ1n) is 11.8. The molecular formula is C31H28O6. The van der Waals surface area contributed by atoms with Gasteiger partial charge >= 0.3 is 11.9 Å². The third kappa shape index (κ3) is 5.98. The lowest BCUT2D eigenvalue weighted by atomic mass is 9.92. The summed E-state index contributed by atoms with van der Waals surface area (Å²) in [5, 5.41) is 21.7. The SMILES string of the molecule is COC(=O)c1cc(Cc2cc(Cc3ccccc3)c(O)c(C(=O)OC)c2)cc(Cc2ccccc2)c1O. The number of phenols is 2. The molecule has 0 bridgehead atoms. The molecule has 4 rings (SSSR count). The fraction of sp³-hybridized carbons (Fsp3) is 0.161. The van der Waals surface area contributed by atoms with E-state index in [2.05, 4.69) is 0 Å². The molecule has 0 radical (unpaired) electrons. The van der Waals surface area contributed by atoms with Crippen molar-refractivity contribution in [2.75, 3.05) is 14.2 Å². The summed E-state index contributed by atoms with van der Waals surface area (Å²) in [5.41, 5.74) is 4.76. The average Bonchev–Trinajstić information content (AvgIpc) is 2.92. The zero-order valence-corrected chi connectivity index (χ0v) is 20.7. The molecule has 0 saturated heterocycles. The summed E-state index contributed by atoms with van der Waals surface area (Å²) in [6, 6.07) is 26.1. The van der Waals surface area contributed by atoms with Crippen molar-refractivity contribution in [1.82, 2.24) is 0 Å². The van der Waals surface area contributed by atoms with E-state index in [0.29, 0.717) is 30.4 Å². The zero-order valence-electron chi connectivity index (χ0n) is 20.7. The van der Waals surface area contributed by atoms with E-state index in [1.165, 1.54) is 14.2 Å². The molecule has 6 heteroatoms. The maximum atomic E-state index is 12.5. The molecule has 0 atom stereocenters. The number of ether oxygens (including phenoxy) is 2. The molecule has 0 aliphatic carbocycles. The molecule has 0 amide bonds. The predicted molar refractivity (Wildman–Crippen MR) is 140 cm³/mol.